The molecule has 0 spiro atoms. The van der Waals surface area contributed by atoms with Crippen molar-refractivity contribution >= 4 is 6.72 Å². The van der Waals surface area contributed by atoms with Crippen molar-refractivity contribution in [1.82, 2.24) is 5.43 Å². The van der Waals surface area contributed by atoms with Crippen LogP contribution in [-0.2, 0) is 0 Å². The van der Waals surface area contributed by atoms with Gasteiger partial charge in [-0.1, -0.05) is 25.3 Å². The summed E-state index contributed by atoms with van der Waals surface area (Å²) < 4.78 is 0. The molecule has 0 heterocycles. The number of allylic oxidation sites excluding steroid dienone is 2. The van der Waals surface area contributed by atoms with Crippen molar-refractivity contribution in [3.8, 4) is 0 Å². The first-order chi connectivity index (χ1) is 6.24. The van der Waals surface area contributed by atoms with E-state index in [1.807, 2.05) is 0 Å². The molecule has 0 aromatic rings. The zero-order chi connectivity index (χ0) is 9.68. The zero-order valence-corrected chi connectivity index (χ0v) is 8.77. The summed E-state index contributed by atoms with van der Waals surface area (Å²) in [5, 5.41) is 3.75. The summed E-state index contributed by atoms with van der Waals surface area (Å²) in [6.45, 7) is 8.00. The Morgan fingerprint density at radius 2 is 2.23 bits per heavy atom. The van der Waals surface area contributed by atoms with Crippen LogP contribution in [0.4, 0.5) is 0 Å². The molecule has 0 fully saturated rings. The first-order valence-corrected chi connectivity index (χ1v) is 5.14. The molecule has 0 saturated heterocycles. The smallest absolute Gasteiger partial charge is 0.0325 e. The molecule has 0 aromatic heterocycles. The Morgan fingerprint density at radius 1 is 1.46 bits per heavy atom. The van der Waals surface area contributed by atoms with Gasteiger partial charge in [0.15, 0.2) is 0 Å². The van der Waals surface area contributed by atoms with Crippen LogP contribution in [0.15, 0.2) is 16.4 Å². The fourth-order valence-electron chi connectivity index (χ4n) is 2.00. The fourth-order valence-corrected chi connectivity index (χ4v) is 2.00. The normalized spacial score (nSPS) is 30.5. The lowest BCUT2D eigenvalue weighted by Crippen LogP contribution is -2.11. The standard InChI is InChI=1S/C11H20N2/c1-9-6-4-5-7-11(13-12-3)10(2)8-9/h9,13H,3-8H2,1-2H3/b11-10+. The van der Waals surface area contributed by atoms with Gasteiger partial charge in [0.1, 0.15) is 0 Å². The van der Waals surface area contributed by atoms with Gasteiger partial charge in [0.05, 0.1) is 0 Å². The Balaban J connectivity index is 2.67. The Hall–Kier alpha value is -0.790. The molecule has 74 valence electrons. The van der Waals surface area contributed by atoms with Gasteiger partial charge in [-0.25, -0.2) is 0 Å². The molecule has 1 aliphatic carbocycles. The van der Waals surface area contributed by atoms with E-state index in [2.05, 4.69) is 31.1 Å². The van der Waals surface area contributed by atoms with E-state index >= 15 is 0 Å². The van der Waals surface area contributed by atoms with Crippen molar-refractivity contribution < 1.29 is 0 Å². The zero-order valence-electron chi connectivity index (χ0n) is 8.77. The fraction of sp³-hybridized carbons (Fsp3) is 0.727. The minimum atomic E-state index is 0.821. The predicted octanol–water partition coefficient (Wildman–Crippen LogP) is 3.07. The molecule has 2 heteroatoms. The quantitative estimate of drug-likeness (QED) is 0.512. The van der Waals surface area contributed by atoms with Crippen LogP contribution in [0, 0.1) is 5.92 Å². The van der Waals surface area contributed by atoms with E-state index in [0.717, 1.165) is 12.3 Å². The van der Waals surface area contributed by atoms with Crippen LogP contribution in [-0.4, -0.2) is 6.72 Å². The molecule has 0 aliphatic heterocycles. The molecule has 2 nitrogen and oxygen atoms in total. The van der Waals surface area contributed by atoms with E-state index in [-0.39, 0.29) is 0 Å². The van der Waals surface area contributed by atoms with E-state index in [4.69, 9.17) is 0 Å². The highest BCUT2D eigenvalue weighted by Crippen LogP contribution is 2.25. The molecule has 0 bridgehead atoms. The molecule has 0 saturated carbocycles. The van der Waals surface area contributed by atoms with Gasteiger partial charge < -0.3 is 0 Å². The molecular weight excluding hydrogens is 160 g/mol. The molecule has 0 radical (unpaired) electrons. The molecule has 0 aromatic carbocycles. The van der Waals surface area contributed by atoms with Crippen LogP contribution in [0.5, 0.6) is 0 Å². The lowest BCUT2D eigenvalue weighted by molar-refractivity contribution is 0.470. The summed E-state index contributed by atoms with van der Waals surface area (Å²) in [4.78, 5) is 0. The van der Waals surface area contributed by atoms with Crippen molar-refractivity contribution in [2.45, 2.75) is 46.0 Å². The van der Waals surface area contributed by atoms with Gasteiger partial charge in [-0.2, -0.15) is 5.10 Å². The van der Waals surface area contributed by atoms with Crippen molar-refractivity contribution in [3.05, 3.63) is 11.3 Å². The van der Waals surface area contributed by atoms with Crippen LogP contribution < -0.4 is 5.43 Å². The first-order valence-electron chi connectivity index (χ1n) is 5.14. The second-order valence-electron chi connectivity index (χ2n) is 4.08. The highest BCUT2D eigenvalue weighted by Gasteiger charge is 2.11. The van der Waals surface area contributed by atoms with E-state index in [9.17, 15) is 0 Å². The summed E-state index contributed by atoms with van der Waals surface area (Å²) in [6, 6.07) is 0. The average Bonchev–Trinajstić information content (AvgIpc) is 2.08. The van der Waals surface area contributed by atoms with Gasteiger partial charge in [0.25, 0.3) is 0 Å². The Kier molecular flexibility index (Phi) is 4.00. The molecule has 0 amide bonds. The largest absolute Gasteiger partial charge is 0.283 e. The lowest BCUT2D eigenvalue weighted by atomic mass is 9.91. The predicted molar refractivity (Wildman–Crippen MR) is 57.6 cm³/mol. The number of nitrogens with zero attached hydrogens (tertiary/aromatic N) is 1. The van der Waals surface area contributed by atoms with Crippen molar-refractivity contribution in [1.29, 1.82) is 0 Å². The highest BCUT2D eigenvalue weighted by atomic mass is 15.3. The molecular formula is C11H20N2. The van der Waals surface area contributed by atoms with Crippen LogP contribution >= 0.6 is 0 Å². The SMILES string of the molecule is C=NN/C1=C(\C)CC(C)CCCC1. The van der Waals surface area contributed by atoms with E-state index < -0.39 is 0 Å². The number of hydrogen-bond donors (Lipinski definition) is 1. The van der Waals surface area contributed by atoms with E-state index in [0.29, 0.717) is 0 Å². The molecule has 1 rings (SSSR count). The van der Waals surface area contributed by atoms with Gasteiger partial charge in [0.2, 0.25) is 0 Å². The van der Waals surface area contributed by atoms with Gasteiger partial charge in [-0.15, -0.1) is 0 Å². The van der Waals surface area contributed by atoms with Crippen molar-refractivity contribution in [2.75, 3.05) is 0 Å². The van der Waals surface area contributed by atoms with E-state index in [1.54, 1.807) is 0 Å². The number of hydrogen-bond acceptors (Lipinski definition) is 2. The van der Waals surface area contributed by atoms with Gasteiger partial charge in [-0.05, 0) is 32.1 Å². The monoisotopic (exact) mass is 180 g/mol. The lowest BCUT2D eigenvalue weighted by Gasteiger charge is -2.19. The van der Waals surface area contributed by atoms with Gasteiger partial charge >= 0.3 is 0 Å². The van der Waals surface area contributed by atoms with Crippen molar-refractivity contribution in [2.24, 2.45) is 11.0 Å². The van der Waals surface area contributed by atoms with Gasteiger partial charge in [0, 0.05) is 12.4 Å². The van der Waals surface area contributed by atoms with Crippen LogP contribution in [0.25, 0.3) is 0 Å². The van der Waals surface area contributed by atoms with E-state index in [1.165, 1.54) is 37.0 Å². The minimum absolute atomic E-state index is 0.821. The second-order valence-corrected chi connectivity index (χ2v) is 4.08. The maximum atomic E-state index is 3.75. The summed E-state index contributed by atoms with van der Waals surface area (Å²) in [7, 11) is 0. The summed E-state index contributed by atoms with van der Waals surface area (Å²) in [5.74, 6) is 0.821. The van der Waals surface area contributed by atoms with Gasteiger partial charge in [-0.3, -0.25) is 5.43 Å². The third kappa shape index (κ3) is 3.21. The average molecular weight is 180 g/mol. The first kappa shape index (κ1) is 10.3. The van der Waals surface area contributed by atoms with Crippen LogP contribution in [0.2, 0.25) is 0 Å². The maximum Gasteiger partial charge on any atom is 0.0325 e. The Morgan fingerprint density at radius 3 is 2.92 bits per heavy atom. The molecule has 13 heavy (non-hydrogen) atoms. The third-order valence-corrected chi connectivity index (χ3v) is 2.76. The Labute approximate surface area is 81.1 Å². The number of rotatable bonds is 2. The molecule has 1 unspecified atom stereocenters. The second kappa shape index (κ2) is 5.05. The van der Waals surface area contributed by atoms with Crippen LogP contribution in [0.3, 0.4) is 0 Å². The minimum Gasteiger partial charge on any atom is -0.283 e. The Bertz CT molecular complexity index is 206. The molecule has 1 atom stereocenters. The van der Waals surface area contributed by atoms with Crippen molar-refractivity contribution in [3.63, 3.8) is 0 Å². The topological polar surface area (TPSA) is 24.4 Å². The highest BCUT2D eigenvalue weighted by molar-refractivity contribution is 5.24. The summed E-state index contributed by atoms with van der Waals surface area (Å²) >= 11 is 0. The van der Waals surface area contributed by atoms with Crippen LogP contribution in [0.1, 0.15) is 46.0 Å². The summed E-state index contributed by atoms with van der Waals surface area (Å²) in [6.07, 6.45) is 6.33. The number of hydrazone groups is 1. The maximum absolute atomic E-state index is 3.75. The molecule has 1 aliphatic rings. The summed E-state index contributed by atoms with van der Waals surface area (Å²) in [5.41, 5.74) is 5.77. The number of nitrogens with one attached hydrogen (secondary N) is 1. The third-order valence-electron chi connectivity index (χ3n) is 2.76. The molecule has 1 N–H and O–H groups in total.